The predicted molar refractivity (Wildman–Crippen MR) is 174 cm³/mol. The number of carbonyl (C=O) groups excluding carboxylic acids is 4. The van der Waals surface area contributed by atoms with Crippen LogP contribution in [-0.4, -0.2) is 91.8 Å². The molecule has 1 unspecified atom stereocenters. The average molecular weight is 660 g/mol. The molecule has 0 spiro atoms. The third-order valence-electron chi connectivity index (χ3n) is 9.80. The van der Waals surface area contributed by atoms with Crippen LogP contribution in [-0.2, 0) is 25.7 Å². The van der Waals surface area contributed by atoms with E-state index in [1.54, 1.807) is 19.1 Å². The highest BCUT2D eigenvalue weighted by Crippen LogP contribution is 2.56. The van der Waals surface area contributed by atoms with E-state index in [-0.39, 0.29) is 23.6 Å². The maximum absolute atomic E-state index is 14.1. The van der Waals surface area contributed by atoms with Crippen LogP contribution in [0.4, 0.5) is 0 Å². The molecule has 8 N–H and O–H groups in total. The lowest BCUT2D eigenvalue weighted by Gasteiger charge is -2.53. The fraction of sp³-hybridized carbons (Fsp3) is 0.576. The molecule has 13 heteroatoms. The summed E-state index contributed by atoms with van der Waals surface area (Å²) in [6.07, 6.45) is 7.28. The van der Waals surface area contributed by atoms with Crippen molar-refractivity contribution >= 4 is 38.4 Å². The zero-order valence-corrected chi connectivity index (χ0v) is 27.7. The van der Waals surface area contributed by atoms with Gasteiger partial charge in [0.1, 0.15) is 22.8 Å². The first-order valence-electron chi connectivity index (χ1n) is 15.9. The second-order valence-electron chi connectivity index (χ2n) is 12.9. The van der Waals surface area contributed by atoms with E-state index in [0.717, 1.165) is 31.8 Å². The number of fused-ring (bicyclic) bond motifs is 3. The maximum atomic E-state index is 14.1. The fourth-order valence-electron chi connectivity index (χ4n) is 7.40. The van der Waals surface area contributed by atoms with E-state index in [0.29, 0.717) is 12.0 Å². The zero-order valence-electron chi connectivity index (χ0n) is 26.6. The number of amides is 2. The second kappa shape index (κ2) is 14.2. The molecule has 252 valence electrons. The summed E-state index contributed by atoms with van der Waals surface area (Å²) in [4.78, 5) is 53.4. The molecule has 7 atom stereocenters. The number of aliphatic hydroxyl groups excluding tert-OH is 3. The number of nitrogens with two attached hydrogens (primary N) is 1. The van der Waals surface area contributed by atoms with E-state index in [4.69, 9.17) is 5.73 Å². The van der Waals surface area contributed by atoms with Gasteiger partial charge < -0.3 is 36.6 Å². The number of aromatic hydroxyl groups is 1. The van der Waals surface area contributed by atoms with Crippen molar-refractivity contribution < 1.29 is 44.7 Å². The van der Waals surface area contributed by atoms with E-state index in [2.05, 4.69) is 14.6 Å². The van der Waals surface area contributed by atoms with E-state index in [9.17, 15) is 44.7 Å². The van der Waals surface area contributed by atoms with Crippen molar-refractivity contribution in [2.75, 3.05) is 20.3 Å². The Morgan fingerprint density at radius 1 is 1.02 bits per heavy atom. The number of unbranched alkanes of at least 4 members (excludes halogenated alkanes) is 6. The molecule has 1 fully saturated rings. The number of nitrogens with one attached hydrogen (secondary N) is 1. The van der Waals surface area contributed by atoms with Crippen molar-refractivity contribution in [2.45, 2.75) is 88.5 Å². The normalized spacial score (nSPS) is 27.4. The van der Waals surface area contributed by atoms with Crippen LogP contribution in [0.5, 0.6) is 5.75 Å². The fourth-order valence-corrected chi connectivity index (χ4v) is 7.69. The summed E-state index contributed by atoms with van der Waals surface area (Å²) in [5.41, 5.74) is 1.52. The van der Waals surface area contributed by atoms with Crippen LogP contribution in [0.3, 0.4) is 0 Å². The number of ketones is 2. The summed E-state index contributed by atoms with van der Waals surface area (Å²) in [7, 11) is 5.64. The molecule has 1 saturated carbocycles. The quantitative estimate of drug-likeness (QED) is 0.0931. The molecule has 0 aromatic heterocycles. The molecule has 1 aromatic rings. The van der Waals surface area contributed by atoms with Gasteiger partial charge in [-0.3, -0.25) is 24.1 Å². The number of nitrogens with zero attached hydrogens (tertiary/aromatic N) is 1. The minimum absolute atomic E-state index is 0.0475. The van der Waals surface area contributed by atoms with Crippen LogP contribution in [0.1, 0.15) is 80.9 Å². The SMILES string of the molecule is C[C@H]1c2ccc(CNC(=O)CCCCCCCCCP)c(O)c2C(O)=C2C(=O)[C@]3(O)C(O)=C(C(N)=O)C(=O)[C@@H](N(C)C)[C@@H]3[C@@H](O)[C@@H]21. The predicted octanol–water partition coefficient (Wildman–Crippen LogP) is 2.11. The van der Waals surface area contributed by atoms with Crippen molar-refractivity contribution in [1.29, 1.82) is 0 Å². The Hall–Kier alpha value is -3.31. The molecule has 0 radical (unpaired) electrons. The molecular weight excluding hydrogens is 613 g/mol. The highest BCUT2D eigenvalue weighted by Gasteiger charge is 2.68. The lowest BCUT2D eigenvalue weighted by atomic mass is 9.54. The molecule has 0 saturated heterocycles. The highest BCUT2D eigenvalue weighted by molar-refractivity contribution is 7.16. The van der Waals surface area contributed by atoms with Crippen LogP contribution in [0.15, 0.2) is 29.0 Å². The molecule has 4 rings (SSSR count). The number of phenolic OH excluding ortho intramolecular Hbond substituents is 1. The Labute approximate surface area is 270 Å². The molecule has 0 heterocycles. The van der Waals surface area contributed by atoms with Crippen molar-refractivity contribution in [3.8, 4) is 5.75 Å². The minimum atomic E-state index is -2.97. The topological polar surface area (TPSA) is 211 Å². The molecule has 3 aliphatic carbocycles. The average Bonchev–Trinajstić information content (AvgIpc) is 2.99. The molecular formula is C33H46N3O9P. The Morgan fingerprint density at radius 2 is 1.63 bits per heavy atom. The molecule has 46 heavy (non-hydrogen) atoms. The third-order valence-corrected chi connectivity index (χ3v) is 10.2. The van der Waals surface area contributed by atoms with Crippen molar-refractivity contribution in [3.63, 3.8) is 0 Å². The van der Waals surface area contributed by atoms with Crippen LogP contribution in [0.25, 0.3) is 5.76 Å². The smallest absolute Gasteiger partial charge is 0.255 e. The summed E-state index contributed by atoms with van der Waals surface area (Å²) in [5.74, 6) is -9.58. The first kappa shape index (κ1) is 35.5. The number of rotatable bonds is 13. The summed E-state index contributed by atoms with van der Waals surface area (Å²) in [6.45, 7) is 1.62. The van der Waals surface area contributed by atoms with E-state index in [1.165, 1.54) is 38.3 Å². The number of likely N-dealkylation sites (N-methyl/N-ethyl adjacent to an activating group) is 1. The van der Waals surface area contributed by atoms with E-state index >= 15 is 0 Å². The van der Waals surface area contributed by atoms with Crippen LogP contribution in [0.2, 0.25) is 0 Å². The van der Waals surface area contributed by atoms with Gasteiger partial charge in [-0.1, -0.05) is 51.2 Å². The Kier molecular flexibility index (Phi) is 11.0. The van der Waals surface area contributed by atoms with Crippen LogP contribution in [0, 0.1) is 11.8 Å². The summed E-state index contributed by atoms with van der Waals surface area (Å²) >= 11 is 0. The minimum Gasteiger partial charge on any atom is -0.508 e. The van der Waals surface area contributed by atoms with Gasteiger partial charge in [-0.2, -0.15) is 0 Å². The number of Topliss-reactive ketones (excluding diaryl/α,β-unsaturated/α-hetero) is 2. The van der Waals surface area contributed by atoms with Gasteiger partial charge in [0, 0.05) is 30.0 Å². The molecule has 0 bridgehead atoms. The summed E-state index contributed by atoms with van der Waals surface area (Å²) in [5, 5.41) is 60.1. The van der Waals surface area contributed by atoms with Gasteiger partial charge in [0.2, 0.25) is 11.7 Å². The molecule has 2 amide bonds. The van der Waals surface area contributed by atoms with E-state index < -0.39 is 81.4 Å². The Balaban J connectivity index is 1.61. The summed E-state index contributed by atoms with van der Waals surface area (Å²) < 4.78 is 0. The number of benzene rings is 1. The number of aliphatic hydroxyl groups is 4. The van der Waals surface area contributed by atoms with Crippen molar-refractivity contribution in [3.05, 3.63) is 45.7 Å². The number of hydrogen-bond donors (Lipinski definition) is 7. The van der Waals surface area contributed by atoms with Gasteiger partial charge in [-0.05, 0) is 44.6 Å². The number of primary amides is 1. The van der Waals surface area contributed by atoms with Crippen molar-refractivity contribution in [1.82, 2.24) is 10.2 Å². The second-order valence-corrected chi connectivity index (χ2v) is 13.5. The number of carbonyl (C=O) groups is 4. The molecule has 1 aromatic carbocycles. The van der Waals surface area contributed by atoms with Crippen LogP contribution >= 0.6 is 9.24 Å². The third kappa shape index (κ3) is 6.08. The van der Waals surface area contributed by atoms with Gasteiger partial charge in [0.15, 0.2) is 11.4 Å². The van der Waals surface area contributed by atoms with Gasteiger partial charge >= 0.3 is 0 Å². The zero-order chi connectivity index (χ0) is 34.1. The molecule has 0 aliphatic heterocycles. The summed E-state index contributed by atoms with van der Waals surface area (Å²) in [6, 6.07) is 1.80. The first-order valence-corrected chi connectivity index (χ1v) is 16.7. The first-order chi connectivity index (χ1) is 21.7. The molecule has 12 nitrogen and oxygen atoms in total. The standard InChI is InChI=1S/C33H46N3O9P/c1-16-18-13-12-17(15-35-19(37)11-9-7-5-4-6-8-10-14-46)26(38)21(18)27(39)22-20(16)28(40)24-25(36(2)3)29(41)23(32(34)44)31(43)33(24,45)30(22)42/h12-13,16,20,24-25,28,38-40,43,45H,4-11,14-15,46H2,1-3H3,(H2,34,44)(H,35,37)/t16-,20+,24+,25-,28-,33-/m0/s1. The van der Waals surface area contributed by atoms with E-state index in [1.807, 2.05) is 0 Å². The molecule has 3 aliphatic rings. The Bertz CT molecular complexity index is 1470. The maximum Gasteiger partial charge on any atom is 0.255 e. The van der Waals surface area contributed by atoms with Crippen molar-refractivity contribution in [2.24, 2.45) is 17.6 Å². The van der Waals surface area contributed by atoms with Crippen LogP contribution < -0.4 is 11.1 Å². The lowest BCUT2D eigenvalue weighted by Crippen LogP contribution is -2.70. The van der Waals surface area contributed by atoms with Gasteiger partial charge in [-0.15, -0.1) is 9.24 Å². The lowest BCUT2D eigenvalue weighted by molar-refractivity contribution is -0.169. The number of phenols is 1. The largest absolute Gasteiger partial charge is 0.508 e. The van der Waals surface area contributed by atoms with Gasteiger partial charge in [0.25, 0.3) is 5.91 Å². The van der Waals surface area contributed by atoms with Gasteiger partial charge in [0.05, 0.1) is 23.6 Å². The monoisotopic (exact) mass is 659 g/mol. The highest BCUT2D eigenvalue weighted by atomic mass is 31.0. The Morgan fingerprint density at radius 3 is 2.22 bits per heavy atom. The number of hydrogen-bond acceptors (Lipinski definition) is 10. The van der Waals surface area contributed by atoms with Gasteiger partial charge in [-0.25, -0.2) is 0 Å².